The van der Waals surface area contributed by atoms with Gasteiger partial charge in [0, 0.05) is 16.1 Å². The van der Waals surface area contributed by atoms with E-state index in [1.54, 1.807) is 12.1 Å². The molecule has 2 aromatic carbocycles. The summed E-state index contributed by atoms with van der Waals surface area (Å²) in [7, 11) is 1.51. The SMILES string of the molecule is COc1ccc(COc2cc(Br)ccc2C)c(F)c1. The third-order valence-electron chi connectivity index (χ3n) is 2.79. The molecule has 2 nitrogen and oxygen atoms in total. The summed E-state index contributed by atoms with van der Waals surface area (Å²) in [6, 6.07) is 10.5. The molecular formula is C15H14BrFO2. The van der Waals surface area contributed by atoms with Crippen LogP contribution >= 0.6 is 15.9 Å². The van der Waals surface area contributed by atoms with E-state index in [1.807, 2.05) is 25.1 Å². The monoisotopic (exact) mass is 324 g/mol. The fraction of sp³-hybridized carbons (Fsp3) is 0.200. The van der Waals surface area contributed by atoms with E-state index in [0.717, 1.165) is 15.8 Å². The molecule has 100 valence electrons. The number of hydrogen-bond donors (Lipinski definition) is 0. The first kappa shape index (κ1) is 13.9. The molecule has 0 bridgehead atoms. The molecule has 0 saturated heterocycles. The number of aryl methyl sites for hydroxylation is 1. The van der Waals surface area contributed by atoms with E-state index in [2.05, 4.69) is 15.9 Å². The molecule has 0 amide bonds. The molecule has 0 spiro atoms. The van der Waals surface area contributed by atoms with E-state index in [0.29, 0.717) is 11.3 Å². The number of halogens is 2. The third-order valence-corrected chi connectivity index (χ3v) is 3.29. The van der Waals surface area contributed by atoms with Crippen molar-refractivity contribution in [1.82, 2.24) is 0 Å². The number of rotatable bonds is 4. The van der Waals surface area contributed by atoms with Crippen molar-refractivity contribution in [1.29, 1.82) is 0 Å². The largest absolute Gasteiger partial charge is 0.497 e. The molecule has 0 aliphatic heterocycles. The first-order valence-corrected chi connectivity index (χ1v) is 6.61. The maximum atomic E-state index is 13.8. The Labute approximate surface area is 120 Å². The summed E-state index contributed by atoms with van der Waals surface area (Å²) in [4.78, 5) is 0. The van der Waals surface area contributed by atoms with Crippen LogP contribution in [0.1, 0.15) is 11.1 Å². The van der Waals surface area contributed by atoms with Crippen LogP contribution in [-0.2, 0) is 6.61 Å². The summed E-state index contributed by atoms with van der Waals surface area (Å²) in [5.74, 6) is 0.913. The average Bonchev–Trinajstić information content (AvgIpc) is 2.40. The summed E-state index contributed by atoms with van der Waals surface area (Å²) < 4.78 is 25.3. The maximum absolute atomic E-state index is 13.8. The molecule has 2 aromatic rings. The summed E-state index contributed by atoms with van der Waals surface area (Å²) in [5, 5.41) is 0. The maximum Gasteiger partial charge on any atom is 0.133 e. The molecule has 0 fully saturated rings. The second kappa shape index (κ2) is 6.06. The van der Waals surface area contributed by atoms with Gasteiger partial charge in [-0.3, -0.25) is 0 Å². The van der Waals surface area contributed by atoms with E-state index in [-0.39, 0.29) is 12.4 Å². The van der Waals surface area contributed by atoms with Gasteiger partial charge >= 0.3 is 0 Å². The van der Waals surface area contributed by atoms with Crippen LogP contribution in [0.4, 0.5) is 4.39 Å². The number of ether oxygens (including phenoxy) is 2. The first-order valence-electron chi connectivity index (χ1n) is 5.81. The first-order chi connectivity index (χ1) is 9.10. The van der Waals surface area contributed by atoms with E-state index < -0.39 is 0 Å². The smallest absolute Gasteiger partial charge is 0.133 e. The van der Waals surface area contributed by atoms with Crippen molar-refractivity contribution >= 4 is 15.9 Å². The lowest BCUT2D eigenvalue weighted by atomic mass is 10.2. The van der Waals surface area contributed by atoms with Crippen molar-refractivity contribution in [2.24, 2.45) is 0 Å². The molecule has 0 aromatic heterocycles. The van der Waals surface area contributed by atoms with Gasteiger partial charge in [0.1, 0.15) is 23.9 Å². The van der Waals surface area contributed by atoms with E-state index in [9.17, 15) is 4.39 Å². The molecule has 0 saturated carbocycles. The lowest BCUT2D eigenvalue weighted by Gasteiger charge is -2.10. The molecule has 0 radical (unpaired) electrons. The van der Waals surface area contributed by atoms with E-state index in [1.165, 1.54) is 13.2 Å². The fourth-order valence-corrected chi connectivity index (χ4v) is 2.00. The number of hydrogen-bond acceptors (Lipinski definition) is 2. The Hall–Kier alpha value is -1.55. The zero-order valence-electron chi connectivity index (χ0n) is 10.7. The standard InChI is InChI=1S/C15H14BrFO2/c1-10-3-5-12(16)7-15(10)19-9-11-4-6-13(18-2)8-14(11)17/h3-8H,9H2,1-2H3. The summed E-state index contributed by atoms with van der Waals surface area (Å²) in [6.07, 6.45) is 0. The van der Waals surface area contributed by atoms with Crippen LogP contribution in [0.25, 0.3) is 0 Å². The van der Waals surface area contributed by atoms with Gasteiger partial charge in [0.05, 0.1) is 7.11 Å². The highest BCUT2D eigenvalue weighted by atomic mass is 79.9. The predicted octanol–water partition coefficient (Wildman–Crippen LogP) is 4.48. The molecule has 2 rings (SSSR count). The molecule has 0 aliphatic rings. The molecular weight excluding hydrogens is 311 g/mol. The summed E-state index contributed by atoms with van der Waals surface area (Å²) >= 11 is 3.39. The van der Waals surface area contributed by atoms with Gasteiger partial charge in [-0.2, -0.15) is 0 Å². The van der Waals surface area contributed by atoms with Crippen molar-refractivity contribution in [3.8, 4) is 11.5 Å². The van der Waals surface area contributed by atoms with Crippen LogP contribution < -0.4 is 9.47 Å². The van der Waals surface area contributed by atoms with Gasteiger partial charge in [-0.15, -0.1) is 0 Å². The van der Waals surface area contributed by atoms with Crippen molar-refractivity contribution in [3.05, 3.63) is 57.8 Å². The van der Waals surface area contributed by atoms with Crippen molar-refractivity contribution in [2.45, 2.75) is 13.5 Å². The van der Waals surface area contributed by atoms with E-state index >= 15 is 0 Å². The minimum absolute atomic E-state index is 0.188. The van der Waals surface area contributed by atoms with Gasteiger partial charge < -0.3 is 9.47 Å². The van der Waals surface area contributed by atoms with Crippen molar-refractivity contribution in [2.75, 3.05) is 7.11 Å². The highest BCUT2D eigenvalue weighted by molar-refractivity contribution is 9.10. The van der Waals surface area contributed by atoms with Crippen LogP contribution in [0.3, 0.4) is 0 Å². The summed E-state index contributed by atoms with van der Waals surface area (Å²) in [6.45, 7) is 2.14. The Morgan fingerprint density at radius 2 is 1.95 bits per heavy atom. The predicted molar refractivity (Wildman–Crippen MR) is 76.2 cm³/mol. The van der Waals surface area contributed by atoms with Gasteiger partial charge in [0.25, 0.3) is 0 Å². The lowest BCUT2D eigenvalue weighted by molar-refractivity contribution is 0.297. The third kappa shape index (κ3) is 3.47. The molecule has 4 heteroatoms. The second-order valence-corrected chi connectivity index (χ2v) is 5.07. The van der Waals surface area contributed by atoms with Gasteiger partial charge in [-0.05, 0) is 36.8 Å². The Kier molecular flexibility index (Phi) is 4.43. The molecule has 0 N–H and O–H groups in total. The topological polar surface area (TPSA) is 18.5 Å². The van der Waals surface area contributed by atoms with Crippen LogP contribution in [0.5, 0.6) is 11.5 Å². The number of benzene rings is 2. The second-order valence-electron chi connectivity index (χ2n) is 4.16. The fourth-order valence-electron chi connectivity index (χ4n) is 1.66. The Morgan fingerprint density at radius 1 is 1.16 bits per heavy atom. The van der Waals surface area contributed by atoms with Crippen LogP contribution in [0.2, 0.25) is 0 Å². The average molecular weight is 325 g/mol. The number of methoxy groups -OCH3 is 1. The van der Waals surface area contributed by atoms with Gasteiger partial charge in [-0.25, -0.2) is 4.39 Å². The van der Waals surface area contributed by atoms with Gasteiger partial charge in [-0.1, -0.05) is 22.0 Å². The highest BCUT2D eigenvalue weighted by Gasteiger charge is 2.06. The zero-order valence-corrected chi connectivity index (χ0v) is 12.3. The molecule has 0 unspecified atom stereocenters. The quantitative estimate of drug-likeness (QED) is 0.825. The Morgan fingerprint density at radius 3 is 2.63 bits per heavy atom. The highest BCUT2D eigenvalue weighted by Crippen LogP contribution is 2.24. The molecule has 0 aliphatic carbocycles. The van der Waals surface area contributed by atoms with Crippen LogP contribution in [-0.4, -0.2) is 7.11 Å². The Bertz CT molecular complexity index is 584. The minimum atomic E-state index is -0.327. The minimum Gasteiger partial charge on any atom is -0.497 e. The van der Waals surface area contributed by atoms with Crippen LogP contribution in [0, 0.1) is 12.7 Å². The van der Waals surface area contributed by atoms with E-state index in [4.69, 9.17) is 9.47 Å². The lowest BCUT2D eigenvalue weighted by Crippen LogP contribution is -2.00. The molecule has 19 heavy (non-hydrogen) atoms. The molecule has 0 heterocycles. The van der Waals surface area contributed by atoms with Crippen LogP contribution in [0.15, 0.2) is 40.9 Å². The summed E-state index contributed by atoms with van der Waals surface area (Å²) in [5.41, 5.74) is 1.51. The molecule has 0 atom stereocenters. The normalized spacial score (nSPS) is 10.3. The van der Waals surface area contributed by atoms with Crippen molar-refractivity contribution < 1.29 is 13.9 Å². The van der Waals surface area contributed by atoms with Gasteiger partial charge in [0.2, 0.25) is 0 Å². The Balaban J connectivity index is 2.12. The zero-order chi connectivity index (χ0) is 13.8. The van der Waals surface area contributed by atoms with Gasteiger partial charge in [0.15, 0.2) is 0 Å². The van der Waals surface area contributed by atoms with Crippen molar-refractivity contribution in [3.63, 3.8) is 0 Å².